The van der Waals surface area contributed by atoms with E-state index in [0.717, 1.165) is 16.7 Å². The van der Waals surface area contributed by atoms with E-state index in [1.165, 1.54) is 30.3 Å². The Labute approximate surface area is 151 Å². The molecule has 0 saturated heterocycles. The summed E-state index contributed by atoms with van der Waals surface area (Å²) in [6, 6.07) is 7.98. The predicted molar refractivity (Wildman–Crippen MR) is 92.5 cm³/mol. The number of halogens is 3. The van der Waals surface area contributed by atoms with Crippen molar-refractivity contribution in [2.45, 2.75) is 19.5 Å². The molecule has 0 unspecified atom stereocenters. The van der Waals surface area contributed by atoms with E-state index in [2.05, 4.69) is 10.3 Å². The minimum absolute atomic E-state index is 0.0255. The molecular formula is C18H15F3N4O2. The van der Waals surface area contributed by atoms with E-state index < -0.39 is 23.6 Å². The molecule has 6 nitrogen and oxygen atoms in total. The molecule has 0 saturated carbocycles. The zero-order chi connectivity index (χ0) is 19.8. The van der Waals surface area contributed by atoms with Gasteiger partial charge < -0.3 is 11.1 Å². The third-order valence-electron chi connectivity index (χ3n) is 4.00. The van der Waals surface area contributed by atoms with E-state index in [1.54, 1.807) is 6.92 Å². The highest BCUT2D eigenvalue weighted by Gasteiger charge is 2.31. The number of rotatable bonds is 4. The Morgan fingerprint density at radius 3 is 2.37 bits per heavy atom. The SMILES string of the molecule is CCc1nc2ccc(C(F)(F)F)cn2c1C(=O)Nc1ccc(C(N)=O)cc1. The standard InChI is InChI=1S/C18H15F3N4O2/c1-2-13-15(17(27)23-12-6-3-10(4-7-12)16(22)26)25-9-11(18(19,20)21)5-8-14(25)24-13/h3-9H,2H2,1H3,(H2,22,26)(H,23,27). The van der Waals surface area contributed by atoms with Gasteiger partial charge in [0.1, 0.15) is 11.3 Å². The summed E-state index contributed by atoms with van der Waals surface area (Å²) in [5, 5.41) is 2.60. The lowest BCUT2D eigenvalue weighted by molar-refractivity contribution is -0.137. The van der Waals surface area contributed by atoms with Crippen molar-refractivity contribution < 1.29 is 22.8 Å². The monoisotopic (exact) mass is 376 g/mol. The van der Waals surface area contributed by atoms with Gasteiger partial charge in [0.05, 0.1) is 11.3 Å². The maximum absolute atomic E-state index is 13.0. The maximum Gasteiger partial charge on any atom is 0.417 e. The second-order valence-electron chi connectivity index (χ2n) is 5.80. The average molecular weight is 376 g/mol. The third-order valence-corrected chi connectivity index (χ3v) is 4.00. The van der Waals surface area contributed by atoms with Crippen molar-refractivity contribution in [3.63, 3.8) is 0 Å². The Kier molecular flexibility index (Phi) is 4.61. The predicted octanol–water partition coefficient (Wildman–Crippen LogP) is 3.27. The van der Waals surface area contributed by atoms with Crippen LogP contribution in [0.4, 0.5) is 18.9 Å². The van der Waals surface area contributed by atoms with Crippen molar-refractivity contribution in [3.8, 4) is 0 Å². The Morgan fingerprint density at radius 1 is 1.15 bits per heavy atom. The number of primary amides is 1. The Morgan fingerprint density at radius 2 is 1.81 bits per heavy atom. The second kappa shape index (κ2) is 6.75. The van der Waals surface area contributed by atoms with Gasteiger partial charge in [-0.05, 0) is 42.8 Å². The first kappa shape index (κ1) is 18.4. The summed E-state index contributed by atoms with van der Waals surface area (Å²) in [5.74, 6) is -1.21. The number of hydrogen-bond donors (Lipinski definition) is 2. The third kappa shape index (κ3) is 3.62. The van der Waals surface area contributed by atoms with Crippen molar-refractivity contribution in [3.05, 3.63) is 65.1 Å². The smallest absolute Gasteiger partial charge is 0.366 e. The van der Waals surface area contributed by atoms with Crippen LogP contribution in [0.1, 0.15) is 39.0 Å². The highest BCUT2D eigenvalue weighted by molar-refractivity contribution is 6.04. The summed E-state index contributed by atoms with van der Waals surface area (Å²) in [6.07, 6.45) is -3.32. The molecule has 1 aromatic carbocycles. The van der Waals surface area contributed by atoms with Gasteiger partial charge in [0.2, 0.25) is 5.91 Å². The van der Waals surface area contributed by atoms with E-state index >= 15 is 0 Å². The number of amides is 2. The summed E-state index contributed by atoms with van der Waals surface area (Å²) in [4.78, 5) is 28.0. The van der Waals surface area contributed by atoms with E-state index in [1.807, 2.05) is 0 Å². The second-order valence-corrected chi connectivity index (χ2v) is 5.80. The summed E-state index contributed by atoms with van der Waals surface area (Å²) < 4.78 is 40.2. The average Bonchev–Trinajstić information content (AvgIpc) is 2.99. The molecule has 9 heteroatoms. The number of anilines is 1. The molecule has 140 valence electrons. The van der Waals surface area contributed by atoms with Gasteiger partial charge in [-0.1, -0.05) is 6.92 Å². The molecule has 3 aromatic rings. The molecule has 0 radical (unpaired) electrons. The Bertz CT molecular complexity index is 1020. The van der Waals surface area contributed by atoms with Crippen molar-refractivity contribution >= 4 is 23.1 Å². The van der Waals surface area contributed by atoms with Gasteiger partial charge >= 0.3 is 6.18 Å². The number of benzene rings is 1. The molecule has 3 rings (SSSR count). The number of carbonyl (C=O) groups excluding carboxylic acids is 2. The first-order valence-corrected chi connectivity index (χ1v) is 8.00. The summed E-state index contributed by atoms with van der Waals surface area (Å²) in [5.41, 5.74) is 5.57. The minimum atomic E-state index is -4.54. The Hall–Kier alpha value is -3.36. The fourth-order valence-corrected chi connectivity index (χ4v) is 2.66. The zero-order valence-corrected chi connectivity index (χ0v) is 14.2. The van der Waals surface area contributed by atoms with Gasteiger partial charge in [-0.15, -0.1) is 0 Å². The molecule has 27 heavy (non-hydrogen) atoms. The largest absolute Gasteiger partial charge is 0.417 e. The number of imidazole rings is 1. The van der Waals surface area contributed by atoms with Crippen LogP contribution < -0.4 is 11.1 Å². The number of aryl methyl sites for hydroxylation is 1. The molecule has 0 bridgehead atoms. The molecule has 0 aliphatic rings. The highest BCUT2D eigenvalue weighted by atomic mass is 19.4. The lowest BCUT2D eigenvalue weighted by Gasteiger charge is -2.10. The lowest BCUT2D eigenvalue weighted by atomic mass is 10.2. The Balaban J connectivity index is 2.00. The van der Waals surface area contributed by atoms with Gasteiger partial charge in [-0.3, -0.25) is 14.0 Å². The van der Waals surface area contributed by atoms with E-state index in [4.69, 9.17) is 5.73 Å². The van der Waals surface area contributed by atoms with E-state index in [0.29, 0.717) is 17.8 Å². The minimum Gasteiger partial charge on any atom is -0.366 e. The number of aromatic nitrogens is 2. The van der Waals surface area contributed by atoms with Crippen LogP contribution in [-0.2, 0) is 12.6 Å². The molecule has 0 atom stereocenters. The maximum atomic E-state index is 13.0. The zero-order valence-electron chi connectivity index (χ0n) is 14.2. The first-order chi connectivity index (χ1) is 12.7. The first-order valence-electron chi connectivity index (χ1n) is 8.00. The molecule has 3 N–H and O–H groups in total. The van der Waals surface area contributed by atoms with Crippen LogP contribution in [0.5, 0.6) is 0 Å². The molecule has 2 heterocycles. The topological polar surface area (TPSA) is 89.5 Å². The van der Waals surface area contributed by atoms with Gasteiger partial charge in [-0.2, -0.15) is 13.2 Å². The number of fused-ring (bicyclic) bond motifs is 1. The number of pyridine rings is 1. The molecule has 0 aliphatic carbocycles. The fourth-order valence-electron chi connectivity index (χ4n) is 2.66. The molecule has 0 fully saturated rings. The van der Waals surface area contributed by atoms with Gasteiger partial charge in [0.15, 0.2) is 0 Å². The number of nitrogens with two attached hydrogens (primary N) is 1. The van der Waals surface area contributed by atoms with Crippen molar-refractivity contribution in [1.29, 1.82) is 0 Å². The van der Waals surface area contributed by atoms with Gasteiger partial charge in [-0.25, -0.2) is 4.98 Å². The van der Waals surface area contributed by atoms with Gasteiger partial charge in [0, 0.05) is 17.4 Å². The number of nitrogens with zero attached hydrogens (tertiary/aromatic N) is 2. The summed E-state index contributed by atoms with van der Waals surface area (Å²) in [6.45, 7) is 1.75. The normalized spacial score (nSPS) is 11.6. The molecule has 0 aliphatic heterocycles. The highest BCUT2D eigenvalue weighted by Crippen LogP contribution is 2.30. The number of nitrogens with one attached hydrogen (secondary N) is 1. The van der Waals surface area contributed by atoms with Crippen LogP contribution in [0.3, 0.4) is 0 Å². The van der Waals surface area contributed by atoms with Gasteiger partial charge in [0.25, 0.3) is 5.91 Å². The fraction of sp³-hybridized carbons (Fsp3) is 0.167. The molecule has 2 amide bonds. The van der Waals surface area contributed by atoms with E-state index in [9.17, 15) is 22.8 Å². The summed E-state index contributed by atoms with van der Waals surface area (Å²) >= 11 is 0. The number of alkyl halides is 3. The van der Waals surface area contributed by atoms with Crippen LogP contribution in [0.25, 0.3) is 5.65 Å². The van der Waals surface area contributed by atoms with Crippen LogP contribution in [0.2, 0.25) is 0 Å². The van der Waals surface area contributed by atoms with Crippen molar-refractivity contribution in [1.82, 2.24) is 9.38 Å². The van der Waals surface area contributed by atoms with Crippen LogP contribution >= 0.6 is 0 Å². The van der Waals surface area contributed by atoms with Crippen LogP contribution in [0.15, 0.2) is 42.6 Å². The van der Waals surface area contributed by atoms with Crippen LogP contribution in [0, 0.1) is 0 Å². The summed E-state index contributed by atoms with van der Waals surface area (Å²) in [7, 11) is 0. The number of hydrogen-bond acceptors (Lipinski definition) is 3. The molecule has 2 aromatic heterocycles. The van der Waals surface area contributed by atoms with E-state index in [-0.39, 0.29) is 16.9 Å². The molecule has 0 spiro atoms. The quantitative estimate of drug-likeness (QED) is 0.732. The lowest BCUT2D eigenvalue weighted by Crippen LogP contribution is -2.17. The van der Waals surface area contributed by atoms with Crippen molar-refractivity contribution in [2.24, 2.45) is 5.73 Å². The van der Waals surface area contributed by atoms with Crippen LogP contribution in [-0.4, -0.2) is 21.2 Å². The molecular weight excluding hydrogens is 361 g/mol. The van der Waals surface area contributed by atoms with Crippen molar-refractivity contribution in [2.75, 3.05) is 5.32 Å². The number of carbonyl (C=O) groups is 2.